The quantitative estimate of drug-likeness (QED) is 0.743. The van der Waals surface area contributed by atoms with E-state index in [1.165, 1.54) is 16.9 Å². The third-order valence-electron chi connectivity index (χ3n) is 3.43. The minimum atomic E-state index is -0.749. The highest BCUT2D eigenvalue weighted by Gasteiger charge is 2.20. The molecule has 1 N–H and O–H groups in total. The molecule has 0 fully saturated rings. The molecule has 3 aromatic rings. The normalized spacial score (nSPS) is 12.0. The standard InChI is InChI=1S/C16H12Cl2FN5O/c1-9(16(25)20-14-6-5-12(19)8-13(14)18)24-22-15(21-23-24)10-3-2-4-11(17)7-10/h2-9H,1H3,(H,20,25)/t9-/m1/s1. The van der Waals surface area contributed by atoms with Gasteiger partial charge in [0, 0.05) is 10.6 Å². The van der Waals surface area contributed by atoms with Crippen LogP contribution in [0.3, 0.4) is 0 Å². The molecule has 25 heavy (non-hydrogen) atoms. The summed E-state index contributed by atoms with van der Waals surface area (Å²) in [4.78, 5) is 13.5. The van der Waals surface area contributed by atoms with Crippen LogP contribution in [-0.4, -0.2) is 26.1 Å². The number of nitrogens with one attached hydrogen (secondary N) is 1. The van der Waals surface area contributed by atoms with Crippen molar-refractivity contribution >= 4 is 34.8 Å². The van der Waals surface area contributed by atoms with E-state index in [2.05, 4.69) is 20.7 Å². The number of carbonyl (C=O) groups excluding carboxylic acids is 1. The average Bonchev–Trinajstić information content (AvgIpc) is 3.06. The zero-order chi connectivity index (χ0) is 18.0. The molecule has 128 valence electrons. The fraction of sp³-hybridized carbons (Fsp3) is 0.125. The van der Waals surface area contributed by atoms with E-state index in [4.69, 9.17) is 23.2 Å². The van der Waals surface area contributed by atoms with E-state index in [0.717, 1.165) is 6.07 Å². The summed E-state index contributed by atoms with van der Waals surface area (Å²) < 4.78 is 13.1. The molecular formula is C16H12Cl2FN5O. The first-order valence-corrected chi connectivity index (χ1v) is 8.01. The summed E-state index contributed by atoms with van der Waals surface area (Å²) in [6, 6.07) is 9.95. The van der Waals surface area contributed by atoms with E-state index >= 15 is 0 Å². The molecule has 0 aliphatic rings. The molecule has 0 saturated heterocycles. The van der Waals surface area contributed by atoms with E-state index in [1.54, 1.807) is 31.2 Å². The number of amides is 1. The number of hydrogen-bond donors (Lipinski definition) is 1. The number of carbonyl (C=O) groups is 1. The third kappa shape index (κ3) is 3.94. The second-order valence-electron chi connectivity index (χ2n) is 5.23. The van der Waals surface area contributed by atoms with Gasteiger partial charge in [-0.15, -0.1) is 10.2 Å². The number of anilines is 1. The van der Waals surface area contributed by atoms with E-state index in [1.807, 2.05) is 0 Å². The van der Waals surface area contributed by atoms with Crippen molar-refractivity contribution in [2.45, 2.75) is 13.0 Å². The molecule has 0 bridgehead atoms. The van der Waals surface area contributed by atoms with Crippen LogP contribution in [0.25, 0.3) is 11.4 Å². The molecule has 1 heterocycles. The zero-order valence-corrected chi connectivity index (χ0v) is 14.5. The highest BCUT2D eigenvalue weighted by Crippen LogP contribution is 2.24. The Kier molecular flexibility index (Phi) is 4.96. The molecule has 1 amide bonds. The van der Waals surface area contributed by atoms with Crippen molar-refractivity contribution in [3.63, 3.8) is 0 Å². The van der Waals surface area contributed by atoms with Crippen LogP contribution in [0.15, 0.2) is 42.5 Å². The Labute approximate surface area is 152 Å². The summed E-state index contributed by atoms with van der Waals surface area (Å²) in [5.41, 5.74) is 0.989. The molecule has 9 heteroatoms. The van der Waals surface area contributed by atoms with E-state index < -0.39 is 17.8 Å². The average molecular weight is 380 g/mol. The fourth-order valence-electron chi connectivity index (χ4n) is 2.07. The Morgan fingerprint density at radius 1 is 1.24 bits per heavy atom. The molecule has 0 aliphatic carbocycles. The summed E-state index contributed by atoms with van der Waals surface area (Å²) in [5.74, 6) is -0.550. The number of rotatable bonds is 4. The van der Waals surface area contributed by atoms with Gasteiger partial charge in [0.15, 0.2) is 0 Å². The van der Waals surface area contributed by atoms with Gasteiger partial charge in [-0.1, -0.05) is 35.3 Å². The van der Waals surface area contributed by atoms with Crippen LogP contribution in [-0.2, 0) is 4.79 Å². The van der Waals surface area contributed by atoms with Gasteiger partial charge in [0.05, 0.1) is 10.7 Å². The fourth-order valence-corrected chi connectivity index (χ4v) is 2.47. The Hall–Kier alpha value is -2.51. The number of nitrogens with zero attached hydrogens (tertiary/aromatic N) is 4. The Morgan fingerprint density at radius 2 is 2.04 bits per heavy atom. The van der Waals surface area contributed by atoms with Gasteiger partial charge in [-0.25, -0.2) is 4.39 Å². The second kappa shape index (κ2) is 7.16. The summed E-state index contributed by atoms with van der Waals surface area (Å²) in [5, 5.41) is 15.3. The van der Waals surface area contributed by atoms with Gasteiger partial charge >= 0.3 is 0 Å². The van der Waals surface area contributed by atoms with Gasteiger partial charge in [-0.2, -0.15) is 4.80 Å². The molecule has 0 aliphatic heterocycles. The molecule has 6 nitrogen and oxygen atoms in total. The van der Waals surface area contributed by atoms with Crippen molar-refractivity contribution in [2.75, 3.05) is 5.32 Å². The van der Waals surface area contributed by atoms with E-state index in [9.17, 15) is 9.18 Å². The summed E-state index contributed by atoms with van der Waals surface area (Å²) in [7, 11) is 0. The van der Waals surface area contributed by atoms with Crippen LogP contribution in [0.4, 0.5) is 10.1 Å². The summed E-state index contributed by atoms with van der Waals surface area (Å²) in [6.07, 6.45) is 0. The maximum Gasteiger partial charge on any atom is 0.250 e. The first kappa shape index (κ1) is 17.3. The van der Waals surface area contributed by atoms with Gasteiger partial charge < -0.3 is 5.32 Å². The van der Waals surface area contributed by atoms with Crippen LogP contribution in [0, 0.1) is 5.82 Å². The van der Waals surface area contributed by atoms with Gasteiger partial charge in [0.25, 0.3) is 5.91 Å². The van der Waals surface area contributed by atoms with E-state index in [0.29, 0.717) is 22.1 Å². The topological polar surface area (TPSA) is 72.7 Å². The molecule has 1 aromatic heterocycles. The second-order valence-corrected chi connectivity index (χ2v) is 6.08. The molecule has 0 unspecified atom stereocenters. The Morgan fingerprint density at radius 3 is 2.76 bits per heavy atom. The first-order chi connectivity index (χ1) is 11.9. The van der Waals surface area contributed by atoms with Crippen molar-refractivity contribution in [3.05, 3.63) is 58.3 Å². The van der Waals surface area contributed by atoms with Gasteiger partial charge in [-0.3, -0.25) is 4.79 Å². The van der Waals surface area contributed by atoms with Crippen LogP contribution >= 0.6 is 23.2 Å². The molecule has 0 spiro atoms. The molecule has 1 atom stereocenters. The van der Waals surface area contributed by atoms with Crippen molar-refractivity contribution < 1.29 is 9.18 Å². The van der Waals surface area contributed by atoms with Crippen molar-refractivity contribution in [1.29, 1.82) is 0 Å². The largest absolute Gasteiger partial charge is 0.323 e. The first-order valence-electron chi connectivity index (χ1n) is 7.25. The molecule has 0 saturated carbocycles. The minimum absolute atomic E-state index is 0.103. The zero-order valence-electron chi connectivity index (χ0n) is 12.9. The molecule has 2 aromatic carbocycles. The predicted octanol–water partition coefficient (Wildman–Crippen LogP) is 3.99. The lowest BCUT2D eigenvalue weighted by Crippen LogP contribution is -2.25. The van der Waals surface area contributed by atoms with Gasteiger partial charge in [0.1, 0.15) is 11.9 Å². The third-order valence-corrected chi connectivity index (χ3v) is 3.97. The monoisotopic (exact) mass is 379 g/mol. The predicted molar refractivity (Wildman–Crippen MR) is 93.0 cm³/mol. The van der Waals surface area contributed by atoms with Crippen LogP contribution in [0.5, 0.6) is 0 Å². The number of tetrazole rings is 1. The molecule has 3 rings (SSSR count). The van der Waals surface area contributed by atoms with E-state index in [-0.39, 0.29) is 5.02 Å². The number of aromatic nitrogens is 4. The lowest BCUT2D eigenvalue weighted by Gasteiger charge is -2.11. The minimum Gasteiger partial charge on any atom is -0.323 e. The SMILES string of the molecule is C[C@H](C(=O)Nc1ccc(F)cc1Cl)n1nnc(-c2cccc(Cl)c2)n1. The van der Waals surface area contributed by atoms with Crippen molar-refractivity contribution in [2.24, 2.45) is 0 Å². The number of halogens is 3. The Balaban J connectivity index is 1.76. The maximum atomic E-state index is 13.1. The summed E-state index contributed by atoms with van der Waals surface area (Å²) >= 11 is 11.9. The smallest absolute Gasteiger partial charge is 0.250 e. The van der Waals surface area contributed by atoms with Crippen molar-refractivity contribution in [3.8, 4) is 11.4 Å². The molecular weight excluding hydrogens is 368 g/mol. The van der Waals surface area contributed by atoms with Crippen LogP contribution < -0.4 is 5.32 Å². The maximum absolute atomic E-state index is 13.1. The van der Waals surface area contributed by atoms with Crippen LogP contribution in [0.2, 0.25) is 10.0 Å². The van der Waals surface area contributed by atoms with Crippen LogP contribution in [0.1, 0.15) is 13.0 Å². The highest BCUT2D eigenvalue weighted by atomic mass is 35.5. The summed E-state index contributed by atoms with van der Waals surface area (Å²) in [6.45, 7) is 1.61. The lowest BCUT2D eigenvalue weighted by molar-refractivity contribution is -0.119. The van der Waals surface area contributed by atoms with Gasteiger partial charge in [-0.05, 0) is 42.5 Å². The van der Waals surface area contributed by atoms with Crippen molar-refractivity contribution in [1.82, 2.24) is 20.2 Å². The molecule has 0 radical (unpaired) electrons. The highest BCUT2D eigenvalue weighted by molar-refractivity contribution is 6.33. The lowest BCUT2D eigenvalue weighted by atomic mass is 10.2. The number of benzene rings is 2. The number of hydrogen-bond acceptors (Lipinski definition) is 4. The Bertz CT molecular complexity index is 930. The van der Waals surface area contributed by atoms with Gasteiger partial charge in [0.2, 0.25) is 5.82 Å².